The standard InChI is InChI=1S/C16H14BrNO3/c1-10-3-2-4-11(7-10)8-15(19)18-14-6-5-12(17)9-13(14)16(20)21/h2-7,9H,8H2,1H3,(H,18,19)(H,20,21). The van der Waals surface area contributed by atoms with Crippen LogP contribution in [0.25, 0.3) is 0 Å². The third-order valence-electron chi connectivity index (χ3n) is 2.93. The lowest BCUT2D eigenvalue weighted by Gasteiger charge is -2.09. The van der Waals surface area contributed by atoms with E-state index in [9.17, 15) is 9.59 Å². The van der Waals surface area contributed by atoms with Crippen molar-refractivity contribution in [2.24, 2.45) is 0 Å². The molecule has 2 aromatic rings. The van der Waals surface area contributed by atoms with Gasteiger partial charge < -0.3 is 10.4 Å². The molecule has 2 rings (SSSR count). The van der Waals surface area contributed by atoms with Gasteiger partial charge >= 0.3 is 5.97 Å². The molecule has 0 saturated heterocycles. The van der Waals surface area contributed by atoms with Crippen LogP contribution in [0.4, 0.5) is 5.69 Å². The molecule has 0 atom stereocenters. The topological polar surface area (TPSA) is 66.4 Å². The number of carboxylic acid groups (broad SMARTS) is 1. The summed E-state index contributed by atoms with van der Waals surface area (Å²) in [6, 6.07) is 12.4. The van der Waals surface area contributed by atoms with E-state index in [-0.39, 0.29) is 17.9 Å². The molecule has 2 N–H and O–H groups in total. The van der Waals surface area contributed by atoms with Gasteiger partial charge in [-0.2, -0.15) is 0 Å². The van der Waals surface area contributed by atoms with Gasteiger partial charge in [-0.05, 0) is 30.7 Å². The Hall–Kier alpha value is -2.14. The van der Waals surface area contributed by atoms with Gasteiger partial charge in [-0.1, -0.05) is 45.8 Å². The van der Waals surface area contributed by atoms with Crippen LogP contribution in [0.15, 0.2) is 46.9 Å². The quantitative estimate of drug-likeness (QED) is 0.887. The Morgan fingerprint density at radius 2 is 1.95 bits per heavy atom. The molecule has 0 aromatic heterocycles. The Bertz CT molecular complexity index is 698. The zero-order valence-electron chi connectivity index (χ0n) is 11.4. The van der Waals surface area contributed by atoms with Crippen LogP contribution >= 0.6 is 15.9 Å². The Morgan fingerprint density at radius 3 is 2.62 bits per heavy atom. The minimum absolute atomic E-state index is 0.0574. The summed E-state index contributed by atoms with van der Waals surface area (Å²) in [5.74, 6) is -1.33. The predicted octanol–water partition coefficient (Wildman–Crippen LogP) is 3.64. The second kappa shape index (κ2) is 6.54. The molecule has 1 amide bonds. The van der Waals surface area contributed by atoms with Crippen molar-refractivity contribution in [2.45, 2.75) is 13.3 Å². The SMILES string of the molecule is Cc1cccc(CC(=O)Nc2ccc(Br)cc2C(=O)O)c1. The number of carbonyl (C=O) groups is 2. The van der Waals surface area contributed by atoms with Gasteiger partial charge in [0, 0.05) is 4.47 Å². The maximum Gasteiger partial charge on any atom is 0.337 e. The van der Waals surface area contributed by atoms with Crippen LogP contribution in [-0.4, -0.2) is 17.0 Å². The number of rotatable bonds is 4. The minimum atomic E-state index is -1.08. The zero-order chi connectivity index (χ0) is 15.4. The maximum atomic E-state index is 12.0. The molecule has 0 aliphatic heterocycles. The first-order chi connectivity index (χ1) is 9.95. The lowest BCUT2D eigenvalue weighted by Crippen LogP contribution is -2.16. The highest BCUT2D eigenvalue weighted by molar-refractivity contribution is 9.10. The van der Waals surface area contributed by atoms with E-state index >= 15 is 0 Å². The van der Waals surface area contributed by atoms with Crippen molar-refractivity contribution < 1.29 is 14.7 Å². The number of hydrogen-bond acceptors (Lipinski definition) is 2. The second-order valence-electron chi connectivity index (χ2n) is 4.71. The molecule has 0 aliphatic rings. The molecule has 108 valence electrons. The van der Waals surface area contributed by atoms with E-state index in [1.807, 2.05) is 31.2 Å². The molecule has 0 bridgehead atoms. The fraction of sp³-hybridized carbons (Fsp3) is 0.125. The summed E-state index contributed by atoms with van der Waals surface area (Å²) in [5, 5.41) is 11.8. The maximum absolute atomic E-state index is 12.0. The molecular formula is C16H14BrNO3. The number of carboxylic acids is 1. The molecule has 0 aliphatic carbocycles. The normalized spacial score (nSPS) is 10.2. The number of amides is 1. The number of carbonyl (C=O) groups excluding carboxylic acids is 1. The van der Waals surface area contributed by atoms with E-state index in [1.54, 1.807) is 12.1 Å². The van der Waals surface area contributed by atoms with E-state index in [0.29, 0.717) is 10.2 Å². The number of halogens is 1. The van der Waals surface area contributed by atoms with Crippen LogP contribution < -0.4 is 5.32 Å². The Morgan fingerprint density at radius 1 is 1.19 bits per heavy atom. The number of aryl methyl sites for hydroxylation is 1. The predicted molar refractivity (Wildman–Crippen MR) is 84.6 cm³/mol. The van der Waals surface area contributed by atoms with Crippen LogP contribution in [0.5, 0.6) is 0 Å². The van der Waals surface area contributed by atoms with Gasteiger partial charge in [0.1, 0.15) is 0 Å². The van der Waals surface area contributed by atoms with Gasteiger partial charge in [-0.25, -0.2) is 4.79 Å². The molecule has 0 spiro atoms. The first-order valence-corrected chi connectivity index (χ1v) is 7.13. The van der Waals surface area contributed by atoms with E-state index in [2.05, 4.69) is 21.2 Å². The number of benzene rings is 2. The fourth-order valence-electron chi connectivity index (χ4n) is 2.00. The monoisotopic (exact) mass is 347 g/mol. The number of hydrogen-bond donors (Lipinski definition) is 2. The van der Waals surface area contributed by atoms with Crippen LogP contribution in [0.3, 0.4) is 0 Å². The molecule has 5 heteroatoms. The number of nitrogens with one attached hydrogen (secondary N) is 1. The third kappa shape index (κ3) is 4.16. The Labute approximate surface area is 130 Å². The Balaban J connectivity index is 2.15. The fourth-order valence-corrected chi connectivity index (χ4v) is 2.37. The summed E-state index contributed by atoms with van der Waals surface area (Å²) in [5.41, 5.74) is 2.32. The van der Waals surface area contributed by atoms with Crippen molar-refractivity contribution >= 4 is 33.5 Å². The summed E-state index contributed by atoms with van der Waals surface area (Å²) in [4.78, 5) is 23.2. The lowest BCUT2D eigenvalue weighted by atomic mass is 10.1. The lowest BCUT2D eigenvalue weighted by molar-refractivity contribution is -0.115. The molecule has 0 heterocycles. The summed E-state index contributed by atoms with van der Waals surface area (Å²) in [7, 11) is 0. The molecule has 21 heavy (non-hydrogen) atoms. The minimum Gasteiger partial charge on any atom is -0.478 e. The number of aromatic carboxylic acids is 1. The van der Waals surface area contributed by atoms with Crippen molar-refractivity contribution in [3.63, 3.8) is 0 Å². The van der Waals surface area contributed by atoms with Gasteiger partial charge in [0.25, 0.3) is 0 Å². The van der Waals surface area contributed by atoms with Gasteiger partial charge in [0.05, 0.1) is 17.7 Å². The smallest absolute Gasteiger partial charge is 0.337 e. The number of anilines is 1. The molecule has 0 saturated carbocycles. The molecule has 0 radical (unpaired) electrons. The van der Waals surface area contributed by atoms with E-state index in [4.69, 9.17) is 5.11 Å². The van der Waals surface area contributed by atoms with Gasteiger partial charge in [0.15, 0.2) is 0 Å². The highest BCUT2D eigenvalue weighted by atomic mass is 79.9. The highest BCUT2D eigenvalue weighted by Crippen LogP contribution is 2.21. The third-order valence-corrected chi connectivity index (χ3v) is 3.43. The highest BCUT2D eigenvalue weighted by Gasteiger charge is 2.13. The molecule has 2 aromatic carbocycles. The Kier molecular flexibility index (Phi) is 4.75. The molecule has 0 fully saturated rings. The van der Waals surface area contributed by atoms with Crippen molar-refractivity contribution in [3.8, 4) is 0 Å². The summed E-state index contributed by atoms with van der Waals surface area (Å²) in [6.07, 6.45) is 0.205. The summed E-state index contributed by atoms with van der Waals surface area (Å²) >= 11 is 3.22. The van der Waals surface area contributed by atoms with Crippen molar-refractivity contribution in [2.75, 3.05) is 5.32 Å². The first-order valence-electron chi connectivity index (χ1n) is 6.34. The summed E-state index contributed by atoms with van der Waals surface area (Å²) < 4.78 is 0.650. The average Bonchev–Trinajstić information content (AvgIpc) is 2.40. The van der Waals surface area contributed by atoms with Crippen molar-refractivity contribution in [1.29, 1.82) is 0 Å². The van der Waals surface area contributed by atoms with Crippen molar-refractivity contribution in [1.82, 2.24) is 0 Å². The van der Waals surface area contributed by atoms with E-state index in [0.717, 1.165) is 11.1 Å². The van der Waals surface area contributed by atoms with E-state index < -0.39 is 5.97 Å². The zero-order valence-corrected chi connectivity index (χ0v) is 13.0. The van der Waals surface area contributed by atoms with Crippen LogP contribution in [0, 0.1) is 6.92 Å². The largest absolute Gasteiger partial charge is 0.478 e. The van der Waals surface area contributed by atoms with Gasteiger partial charge in [-0.3, -0.25) is 4.79 Å². The van der Waals surface area contributed by atoms with Crippen molar-refractivity contribution in [3.05, 3.63) is 63.6 Å². The summed E-state index contributed by atoms with van der Waals surface area (Å²) in [6.45, 7) is 1.96. The molecule has 0 unspecified atom stereocenters. The molecular weight excluding hydrogens is 334 g/mol. The van der Waals surface area contributed by atoms with Gasteiger partial charge in [0.2, 0.25) is 5.91 Å². The van der Waals surface area contributed by atoms with Crippen LogP contribution in [0.2, 0.25) is 0 Å². The van der Waals surface area contributed by atoms with E-state index in [1.165, 1.54) is 6.07 Å². The average molecular weight is 348 g/mol. The van der Waals surface area contributed by atoms with Crippen LogP contribution in [0.1, 0.15) is 21.5 Å². The second-order valence-corrected chi connectivity index (χ2v) is 5.62. The van der Waals surface area contributed by atoms with Crippen LogP contribution in [-0.2, 0) is 11.2 Å². The van der Waals surface area contributed by atoms with Gasteiger partial charge in [-0.15, -0.1) is 0 Å². The first kappa shape index (κ1) is 15.3. The molecule has 4 nitrogen and oxygen atoms in total.